The molecule has 0 spiro atoms. The first kappa shape index (κ1) is 9.26. The van der Waals surface area contributed by atoms with Gasteiger partial charge >= 0.3 is 5.97 Å². The maximum absolute atomic E-state index is 10.6. The molecule has 2 nitrogen and oxygen atoms in total. The third-order valence-corrected chi connectivity index (χ3v) is 2.65. The Hall–Kier alpha value is 0.170. The fourth-order valence-electron chi connectivity index (χ4n) is 1.04. The van der Waals surface area contributed by atoms with E-state index in [1.807, 2.05) is 6.08 Å². The molecule has 1 N–H and O–H groups in total. The largest absolute Gasteiger partial charge is 0.481 e. The number of rotatable bonds is 2. The smallest absolute Gasteiger partial charge is 0.309 e. The molecule has 1 aliphatic carbocycles. The van der Waals surface area contributed by atoms with Crippen LogP contribution in [0.4, 0.5) is 0 Å². The molecule has 62 valence electrons. The van der Waals surface area contributed by atoms with Crippen LogP contribution in [0.3, 0.4) is 0 Å². The highest BCUT2D eigenvalue weighted by Gasteiger charge is 2.55. The Morgan fingerprint density at radius 2 is 2.27 bits per heavy atom. The summed E-state index contributed by atoms with van der Waals surface area (Å²) in [4.78, 5) is 10.6. The van der Waals surface area contributed by atoms with Crippen LogP contribution in [-0.2, 0) is 4.79 Å². The summed E-state index contributed by atoms with van der Waals surface area (Å²) in [7, 11) is 0. The van der Waals surface area contributed by atoms with Crippen LogP contribution in [0.1, 0.15) is 13.3 Å². The van der Waals surface area contributed by atoms with Gasteiger partial charge in [-0.05, 0) is 51.1 Å². The molecule has 0 radical (unpaired) electrons. The number of hydrogen-bond donors (Lipinski definition) is 1. The molecule has 0 bridgehead atoms. The summed E-state index contributed by atoms with van der Waals surface area (Å²) in [6.07, 6.45) is 2.62. The molecule has 0 aromatic heterocycles. The lowest BCUT2D eigenvalue weighted by Gasteiger charge is -1.99. The molecule has 0 saturated heterocycles. The average molecular weight is 284 g/mol. The Bertz CT molecular complexity index is 220. The van der Waals surface area contributed by atoms with Crippen LogP contribution in [0, 0.1) is 11.3 Å². The van der Waals surface area contributed by atoms with Gasteiger partial charge in [-0.2, -0.15) is 0 Å². The number of carboxylic acids is 1. The van der Waals surface area contributed by atoms with Gasteiger partial charge in [-0.3, -0.25) is 4.79 Å². The SMILES string of the molecule is CC1(C(=O)O)CC1C=C(Br)Br. The van der Waals surface area contributed by atoms with E-state index in [0.717, 1.165) is 9.81 Å². The second-order valence-corrected chi connectivity index (χ2v) is 5.76. The summed E-state index contributed by atoms with van der Waals surface area (Å²) in [5, 5.41) is 8.74. The second kappa shape index (κ2) is 2.90. The molecule has 1 fully saturated rings. The van der Waals surface area contributed by atoms with Crippen molar-refractivity contribution in [2.24, 2.45) is 11.3 Å². The molecule has 0 amide bonds. The summed E-state index contributed by atoms with van der Waals surface area (Å²) in [5.74, 6) is -0.534. The van der Waals surface area contributed by atoms with E-state index in [4.69, 9.17) is 5.11 Å². The molecule has 11 heavy (non-hydrogen) atoms. The van der Waals surface area contributed by atoms with Crippen molar-refractivity contribution in [3.05, 3.63) is 9.47 Å². The minimum absolute atomic E-state index is 0.175. The van der Waals surface area contributed by atoms with Crippen LogP contribution in [0.25, 0.3) is 0 Å². The van der Waals surface area contributed by atoms with Gasteiger partial charge in [-0.1, -0.05) is 6.08 Å². The number of carboxylic acid groups (broad SMARTS) is 1. The number of halogens is 2. The Morgan fingerprint density at radius 3 is 2.55 bits per heavy atom. The van der Waals surface area contributed by atoms with Gasteiger partial charge in [0, 0.05) is 0 Å². The Kier molecular flexibility index (Phi) is 2.44. The molecule has 2 atom stereocenters. The van der Waals surface area contributed by atoms with Gasteiger partial charge in [0.05, 0.1) is 8.81 Å². The van der Waals surface area contributed by atoms with E-state index in [1.54, 1.807) is 6.92 Å². The summed E-state index contributed by atoms with van der Waals surface area (Å²) in [6.45, 7) is 1.76. The summed E-state index contributed by atoms with van der Waals surface area (Å²) >= 11 is 6.40. The normalized spacial score (nSPS) is 34.6. The van der Waals surface area contributed by atoms with Crippen LogP contribution in [-0.4, -0.2) is 11.1 Å². The predicted molar refractivity (Wildman–Crippen MR) is 49.8 cm³/mol. The number of aliphatic carboxylic acids is 1. The van der Waals surface area contributed by atoms with Crippen molar-refractivity contribution in [3.8, 4) is 0 Å². The molecule has 0 aliphatic heterocycles. The Balaban J connectivity index is 2.61. The molecule has 0 aromatic rings. The predicted octanol–water partition coefficient (Wildman–Crippen LogP) is 2.73. The van der Waals surface area contributed by atoms with Gasteiger partial charge in [0.25, 0.3) is 0 Å². The van der Waals surface area contributed by atoms with E-state index in [1.165, 1.54) is 0 Å². The van der Waals surface area contributed by atoms with E-state index >= 15 is 0 Å². The van der Waals surface area contributed by atoms with E-state index in [0.29, 0.717) is 0 Å². The van der Waals surface area contributed by atoms with Crippen molar-refractivity contribution in [2.45, 2.75) is 13.3 Å². The molecular weight excluding hydrogens is 276 g/mol. The number of hydrogen-bond acceptors (Lipinski definition) is 1. The molecule has 2 unspecified atom stereocenters. The van der Waals surface area contributed by atoms with Crippen LogP contribution in [0.5, 0.6) is 0 Å². The molecule has 0 heterocycles. The molecule has 1 rings (SSSR count). The third kappa shape index (κ3) is 1.85. The minimum atomic E-state index is -0.708. The molecule has 1 aliphatic rings. The van der Waals surface area contributed by atoms with Gasteiger partial charge in [0.15, 0.2) is 0 Å². The maximum atomic E-state index is 10.6. The van der Waals surface area contributed by atoms with Gasteiger partial charge in [-0.15, -0.1) is 0 Å². The third-order valence-electron chi connectivity index (χ3n) is 2.12. The Labute approximate surface area is 81.9 Å². The van der Waals surface area contributed by atoms with E-state index in [9.17, 15) is 4.79 Å². The standard InChI is InChI=1S/C7H8Br2O2/c1-7(6(10)11)3-4(7)2-5(8)9/h2,4H,3H2,1H3,(H,10,11). The quantitative estimate of drug-likeness (QED) is 0.846. The zero-order valence-corrected chi connectivity index (χ0v) is 9.15. The van der Waals surface area contributed by atoms with Crippen LogP contribution >= 0.6 is 31.9 Å². The zero-order chi connectivity index (χ0) is 8.65. The van der Waals surface area contributed by atoms with E-state index < -0.39 is 11.4 Å². The van der Waals surface area contributed by atoms with Crippen LogP contribution < -0.4 is 0 Å². The maximum Gasteiger partial charge on any atom is 0.309 e. The molecule has 1 saturated carbocycles. The highest BCUT2D eigenvalue weighted by atomic mass is 79.9. The fourth-order valence-corrected chi connectivity index (χ4v) is 1.68. The summed E-state index contributed by atoms with van der Waals surface area (Å²) < 4.78 is 0.833. The van der Waals surface area contributed by atoms with Crippen molar-refractivity contribution in [1.82, 2.24) is 0 Å². The highest BCUT2D eigenvalue weighted by Crippen LogP contribution is 2.54. The Morgan fingerprint density at radius 1 is 1.73 bits per heavy atom. The van der Waals surface area contributed by atoms with Gasteiger partial charge in [-0.25, -0.2) is 0 Å². The fraction of sp³-hybridized carbons (Fsp3) is 0.571. The van der Waals surface area contributed by atoms with Crippen LogP contribution in [0.2, 0.25) is 0 Å². The van der Waals surface area contributed by atoms with Crippen molar-refractivity contribution >= 4 is 37.8 Å². The number of allylic oxidation sites excluding steroid dienone is 1. The average Bonchev–Trinajstić information content (AvgIpc) is 2.42. The molecule has 0 aromatic carbocycles. The van der Waals surface area contributed by atoms with Crippen LogP contribution in [0.15, 0.2) is 9.47 Å². The lowest BCUT2D eigenvalue weighted by atomic mass is 10.1. The molecule has 4 heteroatoms. The van der Waals surface area contributed by atoms with Crippen molar-refractivity contribution in [1.29, 1.82) is 0 Å². The molecular formula is C7H8Br2O2. The zero-order valence-electron chi connectivity index (χ0n) is 5.97. The van der Waals surface area contributed by atoms with E-state index in [2.05, 4.69) is 31.9 Å². The summed E-state index contributed by atoms with van der Waals surface area (Å²) in [5.41, 5.74) is -0.521. The first-order chi connectivity index (χ1) is 4.97. The number of carbonyl (C=O) groups is 1. The lowest BCUT2D eigenvalue weighted by molar-refractivity contribution is -0.143. The van der Waals surface area contributed by atoms with Gasteiger partial charge in [0.1, 0.15) is 0 Å². The van der Waals surface area contributed by atoms with Crippen molar-refractivity contribution in [2.75, 3.05) is 0 Å². The summed E-state index contributed by atoms with van der Waals surface area (Å²) in [6, 6.07) is 0. The first-order valence-corrected chi connectivity index (χ1v) is 4.81. The van der Waals surface area contributed by atoms with Gasteiger partial charge in [0.2, 0.25) is 0 Å². The van der Waals surface area contributed by atoms with Gasteiger partial charge < -0.3 is 5.11 Å². The van der Waals surface area contributed by atoms with E-state index in [-0.39, 0.29) is 5.92 Å². The first-order valence-electron chi connectivity index (χ1n) is 3.23. The highest BCUT2D eigenvalue weighted by molar-refractivity contribution is 9.28. The second-order valence-electron chi connectivity index (χ2n) is 2.99. The monoisotopic (exact) mass is 282 g/mol. The minimum Gasteiger partial charge on any atom is -0.481 e. The topological polar surface area (TPSA) is 37.3 Å². The van der Waals surface area contributed by atoms with Crippen molar-refractivity contribution < 1.29 is 9.90 Å². The van der Waals surface area contributed by atoms with Crippen molar-refractivity contribution in [3.63, 3.8) is 0 Å². The lowest BCUT2D eigenvalue weighted by Crippen LogP contribution is -2.12.